The van der Waals surface area contributed by atoms with Gasteiger partial charge in [-0.3, -0.25) is 4.68 Å². The molecule has 18 heavy (non-hydrogen) atoms. The van der Waals surface area contributed by atoms with E-state index in [9.17, 15) is 0 Å². The quantitative estimate of drug-likeness (QED) is 0.870. The largest absolute Gasteiger partial charge is 0.496 e. The van der Waals surface area contributed by atoms with Gasteiger partial charge < -0.3 is 14.6 Å². The van der Waals surface area contributed by atoms with Crippen LogP contribution < -0.4 is 9.47 Å². The summed E-state index contributed by atoms with van der Waals surface area (Å²) in [6.45, 7) is 0.226. The van der Waals surface area contributed by atoms with Gasteiger partial charge in [-0.2, -0.15) is 5.10 Å². The number of aryl methyl sites for hydroxylation is 1. The molecule has 5 heteroatoms. The highest BCUT2D eigenvalue weighted by Crippen LogP contribution is 2.37. The third-order valence-electron chi connectivity index (χ3n) is 2.55. The van der Waals surface area contributed by atoms with E-state index in [4.69, 9.17) is 14.6 Å². The van der Waals surface area contributed by atoms with Crippen LogP contribution in [0.1, 0.15) is 0 Å². The van der Waals surface area contributed by atoms with E-state index < -0.39 is 0 Å². The van der Waals surface area contributed by atoms with Gasteiger partial charge in [0.05, 0.1) is 25.5 Å². The third-order valence-corrected chi connectivity index (χ3v) is 2.55. The lowest BCUT2D eigenvalue weighted by Crippen LogP contribution is -2.03. The molecule has 0 aliphatic heterocycles. The van der Waals surface area contributed by atoms with Crippen molar-refractivity contribution in [3.05, 3.63) is 30.6 Å². The van der Waals surface area contributed by atoms with Gasteiger partial charge in [0.2, 0.25) is 0 Å². The molecule has 0 bridgehead atoms. The predicted molar refractivity (Wildman–Crippen MR) is 67.8 cm³/mol. The number of aromatic nitrogens is 2. The second kappa shape index (κ2) is 5.55. The van der Waals surface area contributed by atoms with Gasteiger partial charge in [0, 0.05) is 18.8 Å². The summed E-state index contributed by atoms with van der Waals surface area (Å²) in [6, 6.07) is 5.57. The van der Waals surface area contributed by atoms with Crippen LogP contribution in [0.4, 0.5) is 0 Å². The fourth-order valence-corrected chi connectivity index (χ4v) is 1.79. The van der Waals surface area contributed by atoms with E-state index in [1.807, 2.05) is 31.4 Å². The predicted octanol–water partition coefficient (Wildman–Crippen LogP) is 1.47. The van der Waals surface area contributed by atoms with E-state index in [1.54, 1.807) is 18.0 Å². The van der Waals surface area contributed by atoms with Gasteiger partial charge in [-0.15, -0.1) is 0 Å². The maximum absolute atomic E-state index is 8.85. The standard InChI is InChI=1S/C13H16N2O3/c1-15-9-10(8-14-15)13-11(17-2)4-3-5-12(13)18-7-6-16/h3-5,8-9,16H,6-7H2,1-2H3. The van der Waals surface area contributed by atoms with Crippen LogP contribution in [-0.4, -0.2) is 35.2 Å². The fraction of sp³-hybridized carbons (Fsp3) is 0.308. The zero-order valence-electron chi connectivity index (χ0n) is 10.5. The van der Waals surface area contributed by atoms with Crippen LogP contribution >= 0.6 is 0 Å². The number of nitrogens with zero attached hydrogens (tertiary/aromatic N) is 2. The van der Waals surface area contributed by atoms with E-state index in [1.165, 1.54) is 0 Å². The van der Waals surface area contributed by atoms with Crippen molar-refractivity contribution in [3.63, 3.8) is 0 Å². The van der Waals surface area contributed by atoms with Crippen LogP contribution in [0.5, 0.6) is 11.5 Å². The molecule has 0 unspecified atom stereocenters. The number of methoxy groups -OCH3 is 1. The number of benzene rings is 1. The van der Waals surface area contributed by atoms with Gasteiger partial charge in [-0.05, 0) is 12.1 Å². The summed E-state index contributed by atoms with van der Waals surface area (Å²) in [4.78, 5) is 0. The highest BCUT2D eigenvalue weighted by atomic mass is 16.5. The molecule has 0 saturated carbocycles. The third kappa shape index (κ3) is 2.46. The molecule has 0 atom stereocenters. The first-order chi connectivity index (χ1) is 8.76. The Morgan fingerprint density at radius 1 is 1.33 bits per heavy atom. The molecular weight excluding hydrogens is 232 g/mol. The minimum absolute atomic E-state index is 0.0241. The molecule has 1 aromatic heterocycles. The minimum Gasteiger partial charge on any atom is -0.496 e. The molecular formula is C13H16N2O3. The summed E-state index contributed by atoms with van der Waals surface area (Å²) in [5, 5.41) is 13.0. The molecule has 96 valence electrons. The lowest BCUT2D eigenvalue weighted by atomic mass is 10.1. The van der Waals surface area contributed by atoms with E-state index in [2.05, 4.69) is 5.10 Å². The summed E-state index contributed by atoms with van der Waals surface area (Å²) in [5.74, 6) is 1.40. The van der Waals surface area contributed by atoms with Gasteiger partial charge in [0.15, 0.2) is 0 Å². The van der Waals surface area contributed by atoms with Gasteiger partial charge in [-0.1, -0.05) is 6.07 Å². The number of aliphatic hydroxyl groups excluding tert-OH is 1. The second-order valence-electron chi connectivity index (χ2n) is 3.81. The second-order valence-corrected chi connectivity index (χ2v) is 3.81. The molecule has 2 aromatic rings. The van der Waals surface area contributed by atoms with Crippen LogP contribution in [0.3, 0.4) is 0 Å². The Kier molecular flexibility index (Phi) is 3.84. The van der Waals surface area contributed by atoms with Crippen molar-refractivity contribution in [1.29, 1.82) is 0 Å². The number of hydrogen-bond acceptors (Lipinski definition) is 4. The van der Waals surface area contributed by atoms with Gasteiger partial charge in [-0.25, -0.2) is 0 Å². The first kappa shape index (κ1) is 12.4. The summed E-state index contributed by atoms with van der Waals surface area (Å²) in [6.07, 6.45) is 3.65. The van der Waals surface area contributed by atoms with Crippen LogP contribution in [0.2, 0.25) is 0 Å². The lowest BCUT2D eigenvalue weighted by Gasteiger charge is -2.13. The molecule has 1 aromatic carbocycles. The highest BCUT2D eigenvalue weighted by Gasteiger charge is 2.14. The number of ether oxygens (including phenoxy) is 2. The Labute approximate surface area is 106 Å². The molecule has 0 aliphatic rings. The maximum Gasteiger partial charge on any atom is 0.131 e. The molecule has 1 N–H and O–H groups in total. The first-order valence-corrected chi connectivity index (χ1v) is 5.66. The Hall–Kier alpha value is -2.01. The van der Waals surface area contributed by atoms with Crippen molar-refractivity contribution in [2.24, 2.45) is 7.05 Å². The number of aliphatic hydroxyl groups is 1. The summed E-state index contributed by atoms with van der Waals surface area (Å²) < 4.78 is 12.6. The summed E-state index contributed by atoms with van der Waals surface area (Å²) in [7, 11) is 3.47. The summed E-state index contributed by atoms with van der Waals surface area (Å²) in [5.41, 5.74) is 1.77. The molecule has 0 spiro atoms. The molecule has 2 rings (SSSR count). The Morgan fingerprint density at radius 2 is 2.11 bits per heavy atom. The SMILES string of the molecule is COc1cccc(OCCO)c1-c1cnn(C)c1. The molecule has 1 heterocycles. The molecule has 0 amide bonds. The van der Waals surface area contributed by atoms with E-state index in [0.29, 0.717) is 5.75 Å². The van der Waals surface area contributed by atoms with Gasteiger partial charge in [0.1, 0.15) is 18.1 Å². The maximum atomic E-state index is 8.85. The fourth-order valence-electron chi connectivity index (χ4n) is 1.79. The lowest BCUT2D eigenvalue weighted by molar-refractivity contribution is 0.201. The van der Waals surface area contributed by atoms with Crippen molar-refractivity contribution in [2.75, 3.05) is 20.3 Å². The van der Waals surface area contributed by atoms with E-state index in [-0.39, 0.29) is 13.2 Å². The number of hydrogen-bond donors (Lipinski definition) is 1. The van der Waals surface area contributed by atoms with Crippen molar-refractivity contribution in [2.45, 2.75) is 0 Å². The van der Waals surface area contributed by atoms with Crippen molar-refractivity contribution in [3.8, 4) is 22.6 Å². The van der Waals surface area contributed by atoms with Crippen molar-refractivity contribution in [1.82, 2.24) is 9.78 Å². The molecule has 0 saturated heterocycles. The first-order valence-electron chi connectivity index (χ1n) is 5.66. The molecule has 0 aliphatic carbocycles. The smallest absolute Gasteiger partial charge is 0.131 e. The minimum atomic E-state index is -0.0241. The van der Waals surface area contributed by atoms with Crippen LogP contribution in [0, 0.1) is 0 Å². The van der Waals surface area contributed by atoms with E-state index in [0.717, 1.165) is 16.9 Å². The highest BCUT2D eigenvalue weighted by molar-refractivity contribution is 5.76. The van der Waals surface area contributed by atoms with Crippen molar-refractivity contribution < 1.29 is 14.6 Å². The average Bonchev–Trinajstić information content (AvgIpc) is 2.82. The van der Waals surface area contributed by atoms with Gasteiger partial charge in [0.25, 0.3) is 0 Å². The van der Waals surface area contributed by atoms with Crippen molar-refractivity contribution >= 4 is 0 Å². The monoisotopic (exact) mass is 248 g/mol. The Balaban J connectivity index is 2.47. The van der Waals surface area contributed by atoms with Crippen LogP contribution in [0.15, 0.2) is 30.6 Å². The average molecular weight is 248 g/mol. The van der Waals surface area contributed by atoms with Gasteiger partial charge >= 0.3 is 0 Å². The topological polar surface area (TPSA) is 56.5 Å². The zero-order valence-corrected chi connectivity index (χ0v) is 10.5. The van der Waals surface area contributed by atoms with Crippen LogP contribution in [0.25, 0.3) is 11.1 Å². The molecule has 5 nitrogen and oxygen atoms in total. The molecule has 0 fully saturated rings. The Morgan fingerprint density at radius 3 is 2.72 bits per heavy atom. The zero-order chi connectivity index (χ0) is 13.0. The van der Waals surface area contributed by atoms with Crippen LogP contribution in [-0.2, 0) is 7.05 Å². The number of rotatable bonds is 5. The summed E-state index contributed by atoms with van der Waals surface area (Å²) >= 11 is 0. The van der Waals surface area contributed by atoms with E-state index >= 15 is 0 Å². The normalized spacial score (nSPS) is 10.4. The molecule has 0 radical (unpaired) electrons. The Bertz CT molecular complexity index is 523.